The maximum atomic E-state index is 12.4. The van der Waals surface area contributed by atoms with Crippen LogP contribution in [0, 0.1) is 25.7 Å². The molecule has 0 spiro atoms. The smallest absolute Gasteiger partial charge is 0.409 e. The van der Waals surface area contributed by atoms with Crippen LogP contribution in [0.4, 0.5) is 4.79 Å². The first-order valence-electron chi connectivity index (χ1n) is 11.9. The van der Waals surface area contributed by atoms with Gasteiger partial charge in [0.2, 0.25) is 0 Å². The topological polar surface area (TPSA) is 115 Å². The quantitative estimate of drug-likeness (QED) is 0.542. The highest BCUT2D eigenvalue weighted by molar-refractivity contribution is 5.70. The average Bonchev–Trinajstić information content (AvgIpc) is 3.18. The molecule has 2 aromatic heterocycles. The van der Waals surface area contributed by atoms with E-state index in [0.29, 0.717) is 59.5 Å². The van der Waals surface area contributed by atoms with E-state index in [9.17, 15) is 14.7 Å². The van der Waals surface area contributed by atoms with Crippen molar-refractivity contribution >= 4 is 12.1 Å². The van der Waals surface area contributed by atoms with E-state index < -0.39 is 12.1 Å². The van der Waals surface area contributed by atoms with Crippen LogP contribution in [0.2, 0.25) is 0 Å². The van der Waals surface area contributed by atoms with E-state index in [0.717, 1.165) is 19.3 Å². The van der Waals surface area contributed by atoms with Crippen molar-refractivity contribution in [1.29, 1.82) is 0 Å². The Morgan fingerprint density at radius 1 is 1.26 bits per heavy atom. The summed E-state index contributed by atoms with van der Waals surface area (Å²) in [7, 11) is 1.73. The van der Waals surface area contributed by atoms with Gasteiger partial charge in [-0.05, 0) is 57.6 Å². The van der Waals surface area contributed by atoms with E-state index in [-0.39, 0.29) is 18.6 Å². The second-order valence-corrected chi connectivity index (χ2v) is 9.25. The summed E-state index contributed by atoms with van der Waals surface area (Å²) in [5, 5.41) is 13.3. The lowest BCUT2D eigenvalue weighted by atomic mass is 9.87. The number of carbonyl (C=O) groups excluding carboxylic acids is 1. The molecule has 1 aliphatic carbocycles. The fourth-order valence-electron chi connectivity index (χ4n) is 4.13. The molecule has 0 unspecified atom stereocenters. The van der Waals surface area contributed by atoms with Gasteiger partial charge in [0.15, 0.2) is 5.76 Å². The SMILES string of the molecule is CC[C@H](C)CN(C)C(=O)OCc1c(C)noc1-c1ccc(O[C@H]2CCC[C@H](C(=O)O)C2)c(C)n1. The molecule has 2 heterocycles. The van der Waals surface area contributed by atoms with E-state index in [1.165, 1.54) is 0 Å². The zero-order chi connectivity index (χ0) is 24.8. The number of aromatic nitrogens is 2. The van der Waals surface area contributed by atoms with Crippen LogP contribution in [0.1, 0.15) is 62.9 Å². The van der Waals surface area contributed by atoms with E-state index in [2.05, 4.69) is 24.0 Å². The summed E-state index contributed by atoms with van der Waals surface area (Å²) in [5.41, 5.74) is 2.54. The van der Waals surface area contributed by atoms with Gasteiger partial charge in [0.25, 0.3) is 0 Å². The first kappa shape index (κ1) is 25.5. The van der Waals surface area contributed by atoms with Gasteiger partial charge >= 0.3 is 12.1 Å². The molecule has 3 rings (SSSR count). The lowest BCUT2D eigenvalue weighted by Crippen LogP contribution is -2.31. The van der Waals surface area contributed by atoms with Crippen LogP contribution in [0.5, 0.6) is 5.75 Å². The fourth-order valence-corrected chi connectivity index (χ4v) is 4.13. The van der Waals surface area contributed by atoms with Crippen LogP contribution in [0.3, 0.4) is 0 Å². The van der Waals surface area contributed by atoms with Gasteiger partial charge in [-0.2, -0.15) is 0 Å². The summed E-state index contributed by atoms with van der Waals surface area (Å²) in [5.74, 6) is 0.335. The van der Waals surface area contributed by atoms with Gasteiger partial charge in [0, 0.05) is 13.6 Å². The average molecular weight is 474 g/mol. The number of aryl methyl sites for hydroxylation is 2. The van der Waals surface area contributed by atoms with Crippen molar-refractivity contribution in [3.05, 3.63) is 29.1 Å². The van der Waals surface area contributed by atoms with Gasteiger partial charge in [-0.15, -0.1) is 0 Å². The van der Waals surface area contributed by atoms with Gasteiger partial charge < -0.3 is 24.0 Å². The summed E-state index contributed by atoms with van der Waals surface area (Å²) in [6.45, 7) is 8.47. The molecule has 2 aromatic rings. The largest absolute Gasteiger partial charge is 0.489 e. The predicted molar refractivity (Wildman–Crippen MR) is 125 cm³/mol. The number of pyridine rings is 1. The maximum absolute atomic E-state index is 12.4. The van der Waals surface area contributed by atoms with Crippen molar-refractivity contribution in [2.45, 2.75) is 72.5 Å². The molecule has 0 bridgehead atoms. The Balaban J connectivity index is 1.68. The number of hydrogen-bond acceptors (Lipinski definition) is 7. The summed E-state index contributed by atoms with van der Waals surface area (Å²) in [4.78, 5) is 29.9. The molecule has 0 radical (unpaired) electrons. The zero-order valence-corrected chi connectivity index (χ0v) is 20.7. The number of carbonyl (C=O) groups is 2. The lowest BCUT2D eigenvalue weighted by molar-refractivity contribution is -0.143. The molecule has 1 saturated carbocycles. The minimum atomic E-state index is -0.765. The predicted octanol–water partition coefficient (Wildman–Crippen LogP) is 4.99. The fraction of sp³-hybridized carbons (Fsp3) is 0.600. The van der Waals surface area contributed by atoms with Crippen molar-refractivity contribution in [3.8, 4) is 17.2 Å². The number of hydrogen-bond donors (Lipinski definition) is 1. The second-order valence-electron chi connectivity index (χ2n) is 9.25. The van der Waals surface area contributed by atoms with Crippen LogP contribution in [-0.4, -0.2) is 51.9 Å². The number of ether oxygens (including phenoxy) is 2. The van der Waals surface area contributed by atoms with Crippen molar-refractivity contribution in [2.24, 2.45) is 11.8 Å². The van der Waals surface area contributed by atoms with Crippen LogP contribution in [-0.2, 0) is 16.1 Å². The molecule has 0 aromatic carbocycles. The normalized spacial score (nSPS) is 18.9. The van der Waals surface area contributed by atoms with E-state index in [1.54, 1.807) is 24.9 Å². The number of carboxylic acid groups (broad SMARTS) is 1. The third-order valence-electron chi connectivity index (χ3n) is 6.46. The highest BCUT2D eigenvalue weighted by Gasteiger charge is 2.28. The molecule has 1 fully saturated rings. The molecule has 0 saturated heterocycles. The molecule has 34 heavy (non-hydrogen) atoms. The molecule has 1 amide bonds. The highest BCUT2D eigenvalue weighted by Crippen LogP contribution is 2.31. The van der Waals surface area contributed by atoms with Crippen molar-refractivity contribution in [2.75, 3.05) is 13.6 Å². The minimum Gasteiger partial charge on any atom is -0.489 e. The molecule has 186 valence electrons. The van der Waals surface area contributed by atoms with Crippen molar-refractivity contribution < 1.29 is 28.7 Å². The Kier molecular flexibility index (Phi) is 8.52. The van der Waals surface area contributed by atoms with Crippen molar-refractivity contribution in [3.63, 3.8) is 0 Å². The Morgan fingerprint density at radius 3 is 2.71 bits per heavy atom. The van der Waals surface area contributed by atoms with Crippen LogP contribution in [0.15, 0.2) is 16.7 Å². The Labute approximate surface area is 200 Å². The molecule has 9 nitrogen and oxygen atoms in total. The Hall–Kier alpha value is -3.10. The lowest BCUT2D eigenvalue weighted by Gasteiger charge is -2.27. The van der Waals surface area contributed by atoms with Gasteiger partial charge in [-0.1, -0.05) is 25.4 Å². The van der Waals surface area contributed by atoms with Crippen LogP contribution >= 0.6 is 0 Å². The molecular weight excluding hydrogens is 438 g/mol. The first-order valence-corrected chi connectivity index (χ1v) is 11.9. The van der Waals surface area contributed by atoms with Gasteiger partial charge in [0.05, 0.1) is 29.0 Å². The number of rotatable bonds is 9. The van der Waals surface area contributed by atoms with E-state index >= 15 is 0 Å². The van der Waals surface area contributed by atoms with Crippen LogP contribution < -0.4 is 4.74 Å². The number of aliphatic carboxylic acids is 1. The van der Waals surface area contributed by atoms with E-state index in [4.69, 9.17) is 14.0 Å². The highest BCUT2D eigenvalue weighted by atomic mass is 16.6. The second kappa shape index (κ2) is 11.4. The third-order valence-corrected chi connectivity index (χ3v) is 6.46. The molecule has 3 atom stereocenters. The summed E-state index contributed by atoms with van der Waals surface area (Å²) >= 11 is 0. The van der Waals surface area contributed by atoms with E-state index in [1.807, 2.05) is 13.0 Å². The number of carboxylic acids is 1. The van der Waals surface area contributed by atoms with Gasteiger partial charge in [-0.3, -0.25) is 4.79 Å². The molecule has 1 N–H and O–H groups in total. The minimum absolute atomic E-state index is 0.0337. The molecule has 1 aliphatic rings. The standard InChI is InChI=1S/C25H35N3O6/c1-6-15(2)13-28(5)25(31)32-14-20-16(3)27-34-23(20)21-10-11-22(17(4)26-21)33-19-9-7-8-18(12-19)24(29)30/h10-11,15,18-19H,6-9,12-14H2,1-5H3,(H,29,30)/t15-,18-,19-/m0/s1. The van der Waals surface area contributed by atoms with Crippen molar-refractivity contribution in [1.82, 2.24) is 15.0 Å². The van der Waals surface area contributed by atoms with Crippen LogP contribution in [0.25, 0.3) is 11.5 Å². The maximum Gasteiger partial charge on any atom is 0.409 e. The molecule has 0 aliphatic heterocycles. The summed E-state index contributed by atoms with van der Waals surface area (Å²) in [6.07, 6.45) is 3.29. The molecule has 9 heteroatoms. The number of amides is 1. The van der Waals surface area contributed by atoms with Gasteiger partial charge in [-0.25, -0.2) is 9.78 Å². The third kappa shape index (κ3) is 6.27. The Bertz CT molecular complexity index is 1000. The molecular formula is C25H35N3O6. The summed E-state index contributed by atoms with van der Waals surface area (Å²) in [6, 6.07) is 3.59. The monoisotopic (exact) mass is 473 g/mol. The Morgan fingerprint density at radius 2 is 2.03 bits per heavy atom. The number of nitrogens with zero attached hydrogens (tertiary/aromatic N) is 3. The zero-order valence-electron chi connectivity index (χ0n) is 20.7. The van der Waals surface area contributed by atoms with Gasteiger partial charge in [0.1, 0.15) is 18.1 Å². The summed E-state index contributed by atoms with van der Waals surface area (Å²) < 4.78 is 17.1. The first-order chi connectivity index (χ1) is 16.2.